The molecule has 38 heavy (non-hydrogen) atoms. The number of benzene rings is 4. The average Bonchev–Trinajstić information content (AvgIpc) is 3.27. The van der Waals surface area contributed by atoms with Gasteiger partial charge in [-0.1, -0.05) is 60.7 Å². The van der Waals surface area contributed by atoms with Gasteiger partial charge in [-0.25, -0.2) is 4.39 Å². The molecule has 0 radical (unpaired) electrons. The number of hydrogen-bond acceptors (Lipinski definition) is 3. The SMILES string of the molecule is CC(C)(NC(=O)c1cccc(-c2ccc3oc(Cc4ccc(F)cc4)c(C(N)=O)c3c2)c1)c1ccccc1. The number of fused-ring (bicyclic) bond motifs is 1. The number of nitrogens with two attached hydrogens (primary N) is 1. The van der Waals surface area contributed by atoms with Crippen LogP contribution in [0.25, 0.3) is 22.1 Å². The highest BCUT2D eigenvalue weighted by atomic mass is 19.1. The van der Waals surface area contributed by atoms with E-state index >= 15 is 0 Å². The van der Waals surface area contributed by atoms with Crippen molar-refractivity contribution in [1.29, 1.82) is 0 Å². The van der Waals surface area contributed by atoms with Crippen LogP contribution in [0, 0.1) is 5.82 Å². The van der Waals surface area contributed by atoms with Crippen molar-refractivity contribution in [1.82, 2.24) is 5.32 Å². The van der Waals surface area contributed by atoms with E-state index in [4.69, 9.17) is 10.2 Å². The summed E-state index contributed by atoms with van der Waals surface area (Å²) in [6, 6.07) is 28.7. The van der Waals surface area contributed by atoms with E-state index in [0.29, 0.717) is 34.3 Å². The minimum Gasteiger partial charge on any atom is -0.460 e. The van der Waals surface area contributed by atoms with E-state index in [1.807, 2.05) is 74.5 Å². The fraction of sp³-hybridized carbons (Fsp3) is 0.125. The van der Waals surface area contributed by atoms with Crippen molar-refractivity contribution in [3.63, 3.8) is 0 Å². The normalized spacial score (nSPS) is 11.4. The van der Waals surface area contributed by atoms with Crippen molar-refractivity contribution >= 4 is 22.8 Å². The number of nitrogens with one attached hydrogen (secondary N) is 1. The summed E-state index contributed by atoms with van der Waals surface area (Å²) in [7, 11) is 0. The summed E-state index contributed by atoms with van der Waals surface area (Å²) in [5, 5.41) is 3.70. The second-order valence-electron chi connectivity index (χ2n) is 9.80. The van der Waals surface area contributed by atoms with Gasteiger partial charge in [0.1, 0.15) is 17.2 Å². The second kappa shape index (κ2) is 9.98. The fourth-order valence-corrected chi connectivity index (χ4v) is 4.63. The van der Waals surface area contributed by atoms with E-state index in [-0.39, 0.29) is 11.7 Å². The van der Waals surface area contributed by atoms with Gasteiger partial charge < -0.3 is 15.5 Å². The highest BCUT2D eigenvalue weighted by Crippen LogP contribution is 2.32. The largest absolute Gasteiger partial charge is 0.460 e. The predicted molar refractivity (Wildman–Crippen MR) is 146 cm³/mol. The zero-order valence-electron chi connectivity index (χ0n) is 21.1. The molecule has 2 amide bonds. The minimum atomic E-state index is -0.603. The van der Waals surface area contributed by atoms with Gasteiger partial charge in [0.2, 0.25) is 0 Å². The van der Waals surface area contributed by atoms with E-state index < -0.39 is 11.4 Å². The standard InChI is InChI=1S/C32H27FN2O3/c1-32(2,24-9-4-3-5-10-24)35-31(37)23-8-6-7-21(18-23)22-13-16-27-26(19-22)29(30(34)36)28(38-27)17-20-11-14-25(33)15-12-20/h3-16,18-19H,17H2,1-2H3,(H2,34,36)(H,35,37). The number of carbonyl (C=O) groups is 2. The molecule has 5 aromatic rings. The molecule has 0 bridgehead atoms. The topological polar surface area (TPSA) is 85.3 Å². The van der Waals surface area contributed by atoms with Gasteiger partial charge in [-0.3, -0.25) is 9.59 Å². The molecular weight excluding hydrogens is 479 g/mol. The summed E-state index contributed by atoms with van der Waals surface area (Å²) in [4.78, 5) is 25.6. The van der Waals surface area contributed by atoms with Gasteiger partial charge in [0, 0.05) is 17.4 Å². The molecule has 0 atom stereocenters. The van der Waals surface area contributed by atoms with Crippen LogP contribution in [0.2, 0.25) is 0 Å². The van der Waals surface area contributed by atoms with Crippen LogP contribution in [0.5, 0.6) is 0 Å². The van der Waals surface area contributed by atoms with Crippen molar-refractivity contribution < 1.29 is 18.4 Å². The molecule has 0 fully saturated rings. The Labute approximate surface area is 220 Å². The molecule has 5 nitrogen and oxygen atoms in total. The number of hydrogen-bond donors (Lipinski definition) is 2. The van der Waals surface area contributed by atoms with Crippen LogP contribution < -0.4 is 11.1 Å². The van der Waals surface area contributed by atoms with Gasteiger partial charge in [0.05, 0.1) is 11.1 Å². The molecule has 6 heteroatoms. The van der Waals surface area contributed by atoms with E-state index in [9.17, 15) is 14.0 Å². The maximum atomic E-state index is 13.3. The molecule has 1 heterocycles. The molecule has 1 aromatic heterocycles. The Morgan fingerprint density at radius 3 is 2.29 bits per heavy atom. The molecule has 4 aromatic carbocycles. The first-order valence-corrected chi connectivity index (χ1v) is 12.3. The van der Waals surface area contributed by atoms with Crippen LogP contribution in [-0.4, -0.2) is 11.8 Å². The summed E-state index contributed by atoms with van der Waals surface area (Å²) in [6.45, 7) is 3.93. The molecular formula is C32H27FN2O3. The molecule has 0 aliphatic rings. The Bertz CT molecular complexity index is 1640. The summed E-state index contributed by atoms with van der Waals surface area (Å²) < 4.78 is 19.3. The van der Waals surface area contributed by atoms with E-state index in [1.54, 1.807) is 24.3 Å². The van der Waals surface area contributed by atoms with Gasteiger partial charge in [-0.15, -0.1) is 0 Å². The smallest absolute Gasteiger partial charge is 0.252 e. The van der Waals surface area contributed by atoms with E-state index in [1.165, 1.54) is 12.1 Å². The Morgan fingerprint density at radius 2 is 1.58 bits per heavy atom. The van der Waals surface area contributed by atoms with Gasteiger partial charge in [-0.2, -0.15) is 0 Å². The van der Waals surface area contributed by atoms with Crippen LogP contribution in [0.3, 0.4) is 0 Å². The van der Waals surface area contributed by atoms with Gasteiger partial charge in [0.15, 0.2) is 0 Å². The number of furan rings is 1. The lowest BCUT2D eigenvalue weighted by atomic mass is 9.93. The van der Waals surface area contributed by atoms with Gasteiger partial charge in [-0.05, 0) is 72.5 Å². The average molecular weight is 507 g/mol. The Kier molecular flexibility index (Phi) is 6.55. The number of primary amides is 1. The second-order valence-corrected chi connectivity index (χ2v) is 9.80. The van der Waals surface area contributed by atoms with Crippen molar-refractivity contribution in [2.45, 2.75) is 25.8 Å². The summed E-state index contributed by atoms with van der Waals surface area (Å²) in [5.74, 6) is -0.705. The molecule has 0 unspecified atom stereocenters. The first kappa shape index (κ1) is 25.0. The molecule has 0 spiro atoms. The molecule has 0 saturated carbocycles. The lowest BCUT2D eigenvalue weighted by Gasteiger charge is -2.27. The van der Waals surface area contributed by atoms with Gasteiger partial charge >= 0.3 is 0 Å². The summed E-state index contributed by atoms with van der Waals surface area (Å²) >= 11 is 0. The number of halogens is 1. The summed E-state index contributed by atoms with van der Waals surface area (Å²) in [5.41, 5.74) is 9.96. The maximum Gasteiger partial charge on any atom is 0.252 e. The fourth-order valence-electron chi connectivity index (χ4n) is 4.63. The number of amides is 2. The quantitative estimate of drug-likeness (QED) is 0.261. The first-order valence-electron chi connectivity index (χ1n) is 12.3. The molecule has 0 aliphatic heterocycles. The maximum absolute atomic E-state index is 13.3. The van der Waals surface area contributed by atoms with Crippen molar-refractivity contribution in [2.24, 2.45) is 5.73 Å². The predicted octanol–water partition coefficient (Wildman–Crippen LogP) is 6.59. The monoisotopic (exact) mass is 506 g/mol. The first-order chi connectivity index (χ1) is 18.2. The minimum absolute atomic E-state index is 0.190. The zero-order chi connectivity index (χ0) is 26.9. The van der Waals surface area contributed by atoms with E-state index in [2.05, 4.69) is 5.32 Å². The Hall–Kier alpha value is -4.71. The third kappa shape index (κ3) is 5.06. The van der Waals surface area contributed by atoms with Crippen molar-refractivity contribution in [3.8, 4) is 11.1 Å². The zero-order valence-corrected chi connectivity index (χ0v) is 21.1. The molecule has 0 saturated heterocycles. The Morgan fingerprint density at radius 1 is 0.868 bits per heavy atom. The highest BCUT2D eigenvalue weighted by molar-refractivity contribution is 6.07. The summed E-state index contributed by atoms with van der Waals surface area (Å²) in [6.07, 6.45) is 0.301. The van der Waals surface area contributed by atoms with Crippen LogP contribution in [0.4, 0.5) is 4.39 Å². The highest BCUT2D eigenvalue weighted by Gasteiger charge is 2.24. The molecule has 190 valence electrons. The molecule has 5 rings (SSSR count). The van der Waals surface area contributed by atoms with Crippen LogP contribution in [0.1, 0.15) is 51.5 Å². The third-order valence-corrected chi connectivity index (χ3v) is 6.66. The lowest BCUT2D eigenvalue weighted by Crippen LogP contribution is -2.40. The molecule has 3 N–H and O–H groups in total. The van der Waals surface area contributed by atoms with Crippen LogP contribution in [-0.2, 0) is 12.0 Å². The van der Waals surface area contributed by atoms with Crippen LogP contribution >= 0.6 is 0 Å². The Balaban J connectivity index is 1.46. The number of carbonyl (C=O) groups excluding carboxylic acids is 2. The molecule has 0 aliphatic carbocycles. The van der Waals surface area contributed by atoms with Crippen molar-refractivity contribution in [3.05, 3.63) is 131 Å². The van der Waals surface area contributed by atoms with Gasteiger partial charge in [0.25, 0.3) is 11.8 Å². The number of rotatable bonds is 7. The third-order valence-electron chi connectivity index (χ3n) is 6.66. The lowest BCUT2D eigenvalue weighted by molar-refractivity contribution is 0.0911. The van der Waals surface area contributed by atoms with E-state index in [0.717, 1.165) is 22.3 Å². The van der Waals surface area contributed by atoms with Crippen molar-refractivity contribution in [2.75, 3.05) is 0 Å². The van der Waals surface area contributed by atoms with Crippen LogP contribution in [0.15, 0.2) is 101 Å².